The van der Waals surface area contributed by atoms with Gasteiger partial charge in [0.15, 0.2) is 5.78 Å². The molecule has 0 saturated heterocycles. The van der Waals surface area contributed by atoms with Crippen LogP contribution in [0, 0.1) is 3.57 Å². The van der Waals surface area contributed by atoms with E-state index in [4.69, 9.17) is 4.74 Å². The molecule has 0 N–H and O–H groups in total. The molecular formula is C9H8BrIO2. The van der Waals surface area contributed by atoms with Crippen molar-refractivity contribution in [1.29, 1.82) is 0 Å². The van der Waals surface area contributed by atoms with E-state index in [1.54, 1.807) is 0 Å². The quantitative estimate of drug-likeness (QED) is 0.616. The van der Waals surface area contributed by atoms with Gasteiger partial charge in [0.2, 0.25) is 0 Å². The van der Waals surface area contributed by atoms with Crippen LogP contribution < -0.4 is 0 Å². The highest BCUT2D eigenvalue weighted by Crippen LogP contribution is 2.18. The highest BCUT2D eigenvalue weighted by atomic mass is 127. The highest BCUT2D eigenvalue weighted by molar-refractivity contribution is 14.1. The van der Waals surface area contributed by atoms with E-state index in [1.807, 2.05) is 18.2 Å². The predicted octanol–water partition coefficient (Wildman–Crippen LogP) is 2.88. The van der Waals surface area contributed by atoms with Gasteiger partial charge in [-0.05, 0) is 40.8 Å². The van der Waals surface area contributed by atoms with Gasteiger partial charge in [-0.1, -0.05) is 15.9 Å². The van der Waals surface area contributed by atoms with Gasteiger partial charge in [-0.2, -0.15) is 0 Å². The van der Waals surface area contributed by atoms with Crippen molar-refractivity contribution < 1.29 is 9.53 Å². The van der Waals surface area contributed by atoms with Crippen LogP contribution in [0.4, 0.5) is 0 Å². The van der Waals surface area contributed by atoms with Gasteiger partial charge in [0.25, 0.3) is 0 Å². The number of hydrogen-bond donors (Lipinski definition) is 0. The summed E-state index contributed by atoms with van der Waals surface area (Å²) in [7, 11) is 1.52. The van der Waals surface area contributed by atoms with Crippen molar-refractivity contribution in [2.24, 2.45) is 0 Å². The van der Waals surface area contributed by atoms with Crippen molar-refractivity contribution >= 4 is 44.3 Å². The standard InChI is InChI=1S/C9H8BrIO2/c1-13-5-9(12)7-4-6(10)2-3-8(7)11/h2-4H,5H2,1H3. The summed E-state index contributed by atoms with van der Waals surface area (Å²) < 4.78 is 6.64. The van der Waals surface area contributed by atoms with E-state index in [9.17, 15) is 4.79 Å². The second kappa shape index (κ2) is 5.07. The molecule has 0 amide bonds. The fraction of sp³-hybridized carbons (Fsp3) is 0.222. The minimum atomic E-state index is 0.00759. The molecule has 2 nitrogen and oxygen atoms in total. The lowest BCUT2D eigenvalue weighted by Gasteiger charge is -2.03. The number of hydrogen-bond acceptors (Lipinski definition) is 2. The lowest BCUT2D eigenvalue weighted by molar-refractivity contribution is 0.0847. The number of carbonyl (C=O) groups is 1. The molecule has 0 radical (unpaired) electrons. The van der Waals surface area contributed by atoms with Crippen LogP contribution >= 0.6 is 38.5 Å². The number of methoxy groups -OCH3 is 1. The topological polar surface area (TPSA) is 26.3 Å². The number of ketones is 1. The van der Waals surface area contributed by atoms with Crippen LogP contribution in [-0.2, 0) is 4.74 Å². The molecule has 0 fully saturated rings. The fourth-order valence-electron chi connectivity index (χ4n) is 0.920. The summed E-state index contributed by atoms with van der Waals surface area (Å²) in [4.78, 5) is 11.5. The summed E-state index contributed by atoms with van der Waals surface area (Å²) in [5, 5.41) is 0. The Balaban J connectivity index is 2.99. The molecule has 70 valence electrons. The van der Waals surface area contributed by atoms with Gasteiger partial charge >= 0.3 is 0 Å². The zero-order valence-corrected chi connectivity index (χ0v) is 10.8. The third-order valence-electron chi connectivity index (χ3n) is 1.50. The maximum Gasteiger partial charge on any atom is 0.189 e. The predicted molar refractivity (Wildman–Crippen MR) is 63.1 cm³/mol. The Kier molecular flexibility index (Phi) is 4.34. The summed E-state index contributed by atoms with van der Waals surface area (Å²) in [6.45, 7) is 0.131. The molecule has 4 heteroatoms. The molecule has 0 atom stereocenters. The monoisotopic (exact) mass is 354 g/mol. The van der Waals surface area contributed by atoms with Crippen LogP contribution in [-0.4, -0.2) is 19.5 Å². The molecule has 0 heterocycles. The van der Waals surface area contributed by atoms with Gasteiger partial charge in [0.05, 0.1) is 0 Å². The molecule has 0 spiro atoms. The maximum absolute atomic E-state index is 11.5. The smallest absolute Gasteiger partial charge is 0.189 e. The largest absolute Gasteiger partial charge is 0.377 e. The summed E-state index contributed by atoms with van der Waals surface area (Å²) in [6, 6.07) is 5.61. The van der Waals surface area contributed by atoms with Crippen LogP contribution in [0.5, 0.6) is 0 Å². The van der Waals surface area contributed by atoms with Crippen LogP contribution in [0.2, 0.25) is 0 Å². The Labute approximate surface area is 98.9 Å². The first-order valence-corrected chi connectivity index (χ1v) is 5.49. The van der Waals surface area contributed by atoms with E-state index in [2.05, 4.69) is 38.5 Å². The number of rotatable bonds is 3. The third kappa shape index (κ3) is 3.03. The Morgan fingerprint density at radius 3 is 2.92 bits per heavy atom. The van der Waals surface area contributed by atoms with Crippen molar-refractivity contribution in [2.45, 2.75) is 0 Å². The SMILES string of the molecule is COCC(=O)c1cc(Br)ccc1I. The fourth-order valence-corrected chi connectivity index (χ4v) is 1.92. The Morgan fingerprint density at radius 1 is 1.62 bits per heavy atom. The average molecular weight is 355 g/mol. The first kappa shape index (κ1) is 11.1. The van der Waals surface area contributed by atoms with Crippen molar-refractivity contribution in [1.82, 2.24) is 0 Å². The molecule has 1 aromatic carbocycles. The number of carbonyl (C=O) groups excluding carboxylic acids is 1. The summed E-state index contributed by atoms with van der Waals surface area (Å²) >= 11 is 5.45. The Morgan fingerprint density at radius 2 is 2.31 bits per heavy atom. The number of benzene rings is 1. The second-order valence-corrected chi connectivity index (χ2v) is 4.56. The molecule has 0 aliphatic heterocycles. The van der Waals surface area contributed by atoms with Gasteiger partial charge in [-0.25, -0.2) is 0 Å². The number of ether oxygens (including phenoxy) is 1. The van der Waals surface area contributed by atoms with Crippen molar-refractivity contribution in [3.05, 3.63) is 31.8 Å². The minimum absolute atomic E-state index is 0.00759. The van der Waals surface area contributed by atoms with E-state index in [0.717, 1.165) is 8.04 Å². The van der Waals surface area contributed by atoms with E-state index in [0.29, 0.717) is 5.56 Å². The molecule has 0 unspecified atom stereocenters. The van der Waals surface area contributed by atoms with E-state index in [1.165, 1.54) is 7.11 Å². The molecular weight excluding hydrogens is 347 g/mol. The normalized spacial score (nSPS) is 10.1. The minimum Gasteiger partial charge on any atom is -0.377 e. The molecule has 13 heavy (non-hydrogen) atoms. The molecule has 0 aliphatic rings. The molecule has 1 rings (SSSR count). The Hall–Kier alpha value is 0.0600. The molecule has 1 aromatic rings. The third-order valence-corrected chi connectivity index (χ3v) is 2.94. The average Bonchev–Trinajstić information content (AvgIpc) is 2.09. The van der Waals surface area contributed by atoms with Crippen LogP contribution in [0.3, 0.4) is 0 Å². The number of Topliss-reactive ketones (excluding diaryl/α,β-unsaturated/α-hetero) is 1. The lowest BCUT2D eigenvalue weighted by atomic mass is 10.1. The lowest BCUT2D eigenvalue weighted by Crippen LogP contribution is -2.08. The van der Waals surface area contributed by atoms with Gasteiger partial charge < -0.3 is 4.74 Å². The second-order valence-electron chi connectivity index (χ2n) is 2.48. The Bertz CT molecular complexity index is 325. The van der Waals surface area contributed by atoms with E-state index >= 15 is 0 Å². The van der Waals surface area contributed by atoms with Gasteiger partial charge in [0, 0.05) is 20.7 Å². The maximum atomic E-state index is 11.5. The van der Waals surface area contributed by atoms with E-state index < -0.39 is 0 Å². The van der Waals surface area contributed by atoms with Crippen LogP contribution in [0.1, 0.15) is 10.4 Å². The summed E-state index contributed by atoms with van der Waals surface area (Å²) in [5.41, 5.74) is 0.705. The zero-order valence-electron chi connectivity index (χ0n) is 7.01. The molecule has 0 bridgehead atoms. The van der Waals surface area contributed by atoms with E-state index in [-0.39, 0.29) is 12.4 Å². The van der Waals surface area contributed by atoms with Gasteiger partial charge in [-0.15, -0.1) is 0 Å². The molecule has 0 saturated carbocycles. The van der Waals surface area contributed by atoms with Gasteiger partial charge in [0.1, 0.15) is 6.61 Å². The first-order valence-electron chi connectivity index (χ1n) is 3.62. The summed E-state index contributed by atoms with van der Waals surface area (Å²) in [5.74, 6) is 0.00759. The van der Waals surface area contributed by atoms with Crippen molar-refractivity contribution in [3.63, 3.8) is 0 Å². The van der Waals surface area contributed by atoms with Gasteiger partial charge in [-0.3, -0.25) is 4.79 Å². The van der Waals surface area contributed by atoms with Crippen molar-refractivity contribution in [2.75, 3.05) is 13.7 Å². The molecule has 0 aliphatic carbocycles. The highest BCUT2D eigenvalue weighted by Gasteiger charge is 2.09. The first-order chi connectivity index (χ1) is 6.15. The van der Waals surface area contributed by atoms with Crippen molar-refractivity contribution in [3.8, 4) is 0 Å². The van der Waals surface area contributed by atoms with Crippen LogP contribution in [0.15, 0.2) is 22.7 Å². The number of halogens is 2. The van der Waals surface area contributed by atoms with Crippen LogP contribution in [0.25, 0.3) is 0 Å². The zero-order chi connectivity index (χ0) is 9.84. The molecule has 0 aromatic heterocycles. The summed E-state index contributed by atoms with van der Waals surface area (Å²) in [6.07, 6.45) is 0.